The van der Waals surface area contributed by atoms with Crippen molar-refractivity contribution in [2.75, 3.05) is 7.11 Å². The first-order valence-electron chi connectivity index (χ1n) is 5.12. The molecule has 10 heteroatoms. The molecule has 2 bridgehead atoms. The van der Waals surface area contributed by atoms with Crippen molar-refractivity contribution in [2.45, 2.75) is 14.1 Å². The molecule has 0 unspecified atom stereocenters. The van der Waals surface area contributed by atoms with Crippen molar-refractivity contribution >= 4 is 81.5 Å². The Bertz CT molecular complexity index is 546. The van der Waals surface area contributed by atoms with Gasteiger partial charge in [-0.2, -0.15) is 0 Å². The normalized spacial score (nSPS) is 42.0. The quantitative estimate of drug-likeness (QED) is 0.568. The van der Waals surface area contributed by atoms with E-state index in [1.165, 1.54) is 0 Å². The van der Waals surface area contributed by atoms with Crippen molar-refractivity contribution in [3.05, 3.63) is 10.1 Å². The molecular weight excluding hydrogens is 397 g/mol. The van der Waals surface area contributed by atoms with E-state index in [9.17, 15) is 14.7 Å². The van der Waals surface area contributed by atoms with Gasteiger partial charge in [-0.15, -0.1) is 23.2 Å². The fourth-order valence-electron chi connectivity index (χ4n) is 2.72. The summed E-state index contributed by atoms with van der Waals surface area (Å²) in [5.74, 6) is -5.44. The van der Waals surface area contributed by atoms with Crippen molar-refractivity contribution < 1.29 is 19.4 Å². The average Bonchev–Trinajstić information content (AvgIpc) is 2.57. The predicted octanol–water partition coefficient (Wildman–Crippen LogP) is 3.32. The fourth-order valence-corrected chi connectivity index (χ4v) is 5.65. The molecule has 0 aromatic rings. The largest absolute Gasteiger partial charge is 0.481 e. The number of carbonyl (C=O) groups is 2. The van der Waals surface area contributed by atoms with Crippen LogP contribution in [-0.2, 0) is 14.3 Å². The van der Waals surface area contributed by atoms with E-state index >= 15 is 0 Å². The van der Waals surface area contributed by atoms with Crippen LogP contribution in [0.15, 0.2) is 10.1 Å². The minimum absolute atomic E-state index is 0.256. The molecule has 2 aliphatic rings. The second-order valence-electron chi connectivity index (χ2n) is 4.44. The zero-order valence-corrected chi connectivity index (χ0v) is 14.1. The number of alkyl halides is 4. The van der Waals surface area contributed by atoms with E-state index in [1.54, 1.807) is 0 Å². The molecule has 0 spiro atoms. The Kier molecular flexibility index (Phi) is 3.95. The zero-order chi connectivity index (χ0) is 15.7. The molecule has 0 aliphatic heterocycles. The Morgan fingerprint density at radius 2 is 1.45 bits per heavy atom. The van der Waals surface area contributed by atoms with E-state index in [0.717, 1.165) is 7.11 Å². The maximum Gasteiger partial charge on any atom is 0.311 e. The number of carboxylic acids is 1. The fraction of sp³-hybridized carbons (Fsp3) is 0.600. The maximum absolute atomic E-state index is 11.9. The van der Waals surface area contributed by atoms with Crippen LogP contribution in [0.25, 0.3) is 0 Å². The number of hydrogen-bond acceptors (Lipinski definition) is 3. The summed E-state index contributed by atoms with van der Waals surface area (Å²) in [5, 5.41) is 8.83. The van der Waals surface area contributed by atoms with Gasteiger partial charge in [0.25, 0.3) is 0 Å². The van der Waals surface area contributed by atoms with E-state index in [-0.39, 0.29) is 10.1 Å². The van der Waals surface area contributed by atoms with Crippen LogP contribution in [0.5, 0.6) is 0 Å². The van der Waals surface area contributed by atoms with Crippen molar-refractivity contribution in [1.29, 1.82) is 0 Å². The number of fused-ring (bicyclic) bond motifs is 2. The number of halogens is 6. The van der Waals surface area contributed by atoms with E-state index in [4.69, 9.17) is 69.6 Å². The molecule has 1 fully saturated rings. The van der Waals surface area contributed by atoms with Gasteiger partial charge in [-0.1, -0.05) is 46.4 Å². The summed E-state index contributed by atoms with van der Waals surface area (Å²) in [7, 11) is 1.07. The minimum Gasteiger partial charge on any atom is -0.481 e. The smallest absolute Gasteiger partial charge is 0.311 e. The third-order valence-electron chi connectivity index (χ3n) is 3.66. The van der Waals surface area contributed by atoms with E-state index in [1.807, 2.05) is 0 Å². The van der Waals surface area contributed by atoms with Crippen LogP contribution < -0.4 is 0 Å². The molecule has 0 aromatic heterocycles. The van der Waals surface area contributed by atoms with Gasteiger partial charge in [0.2, 0.25) is 0 Å². The number of aliphatic carboxylic acids is 1. The standard InChI is InChI=1S/C10H6Cl6O4/c1-20-7(19)3-2(6(17)18)8(13)4(11)5(12)9(3,14)10(8,15)16/h2-3H,1H3,(H,17,18)/t2-,3+,8+,9+/m1/s1. The van der Waals surface area contributed by atoms with Crippen molar-refractivity contribution in [2.24, 2.45) is 11.8 Å². The molecule has 1 N–H and O–H groups in total. The summed E-state index contributed by atoms with van der Waals surface area (Å²) >= 11 is 36.9. The Labute approximate surface area is 143 Å². The van der Waals surface area contributed by atoms with Gasteiger partial charge < -0.3 is 9.84 Å². The summed E-state index contributed by atoms with van der Waals surface area (Å²) in [6.07, 6.45) is 0. The van der Waals surface area contributed by atoms with Crippen molar-refractivity contribution in [3.8, 4) is 0 Å². The van der Waals surface area contributed by atoms with Crippen molar-refractivity contribution in [1.82, 2.24) is 0 Å². The highest BCUT2D eigenvalue weighted by molar-refractivity contribution is 6.66. The molecule has 0 radical (unpaired) electrons. The van der Waals surface area contributed by atoms with Crippen LogP contribution in [-0.4, -0.2) is 38.2 Å². The Morgan fingerprint density at radius 1 is 1.05 bits per heavy atom. The minimum atomic E-state index is -2.10. The highest BCUT2D eigenvalue weighted by Crippen LogP contribution is 2.76. The summed E-state index contributed by atoms with van der Waals surface area (Å²) in [6, 6.07) is 0. The van der Waals surface area contributed by atoms with Gasteiger partial charge in [-0.25, -0.2) is 0 Å². The molecule has 0 saturated heterocycles. The number of hydrogen-bond donors (Lipinski definition) is 1. The van der Waals surface area contributed by atoms with E-state index in [2.05, 4.69) is 4.74 Å². The SMILES string of the molecule is COC(=O)[C@@H]1[C@H](C(=O)O)[C@]2(Cl)C(Cl)=C(Cl)[C@]1(Cl)C2(Cl)Cl. The lowest BCUT2D eigenvalue weighted by Crippen LogP contribution is -2.45. The molecule has 0 heterocycles. The summed E-state index contributed by atoms with van der Waals surface area (Å²) in [5.41, 5.74) is 0. The van der Waals surface area contributed by atoms with Gasteiger partial charge in [-0.3, -0.25) is 9.59 Å². The van der Waals surface area contributed by atoms with Crippen LogP contribution >= 0.6 is 69.6 Å². The predicted molar refractivity (Wildman–Crippen MR) is 77.0 cm³/mol. The van der Waals surface area contributed by atoms with E-state index < -0.39 is 37.9 Å². The highest BCUT2D eigenvalue weighted by Gasteiger charge is 2.85. The second kappa shape index (κ2) is 4.71. The van der Waals surface area contributed by atoms with E-state index in [0.29, 0.717) is 0 Å². The number of rotatable bonds is 2. The van der Waals surface area contributed by atoms with Crippen LogP contribution in [0.2, 0.25) is 0 Å². The van der Waals surface area contributed by atoms with Crippen LogP contribution in [0, 0.1) is 11.8 Å². The molecule has 4 atom stereocenters. The molecule has 4 nitrogen and oxygen atoms in total. The number of carbonyl (C=O) groups excluding carboxylic acids is 1. The monoisotopic (exact) mass is 400 g/mol. The number of esters is 1. The van der Waals surface area contributed by atoms with Gasteiger partial charge in [-0.05, 0) is 0 Å². The summed E-state index contributed by atoms with van der Waals surface area (Å²) in [6.45, 7) is 0. The Balaban J connectivity index is 2.80. The van der Waals surface area contributed by atoms with Gasteiger partial charge in [0.05, 0.1) is 29.0 Å². The lowest BCUT2D eigenvalue weighted by atomic mass is 9.82. The first-order valence-corrected chi connectivity index (χ1v) is 7.38. The highest BCUT2D eigenvalue weighted by atomic mass is 35.5. The molecule has 0 aromatic carbocycles. The second-order valence-corrected chi connectivity index (χ2v) is 7.72. The molecule has 1 saturated carbocycles. The summed E-state index contributed by atoms with van der Waals surface area (Å²) < 4.78 is 2.47. The lowest BCUT2D eigenvalue weighted by molar-refractivity contribution is -0.155. The third-order valence-corrected chi connectivity index (χ3v) is 7.92. The first kappa shape index (κ1) is 16.8. The molecular formula is C10H6Cl6O4. The van der Waals surface area contributed by atoms with Crippen LogP contribution in [0.3, 0.4) is 0 Å². The van der Waals surface area contributed by atoms with Gasteiger partial charge in [0, 0.05) is 0 Å². The van der Waals surface area contributed by atoms with Crippen molar-refractivity contribution in [3.63, 3.8) is 0 Å². The van der Waals surface area contributed by atoms with Crippen LogP contribution in [0.4, 0.5) is 0 Å². The number of carboxylic acid groups (broad SMARTS) is 1. The third kappa shape index (κ3) is 1.53. The number of methoxy groups -OCH3 is 1. The molecule has 2 aliphatic carbocycles. The summed E-state index contributed by atoms with van der Waals surface area (Å²) in [4.78, 5) is 19.4. The van der Waals surface area contributed by atoms with Gasteiger partial charge in [0.1, 0.15) is 9.75 Å². The first-order chi connectivity index (χ1) is 8.99. The number of ether oxygens (including phenoxy) is 1. The topological polar surface area (TPSA) is 63.6 Å². The Hall–Kier alpha value is 0.420. The molecule has 2 rings (SSSR count). The maximum atomic E-state index is 11.9. The zero-order valence-electron chi connectivity index (χ0n) is 9.59. The molecule has 20 heavy (non-hydrogen) atoms. The average molecular weight is 403 g/mol. The lowest BCUT2D eigenvalue weighted by Gasteiger charge is -2.32. The molecule has 112 valence electrons. The van der Waals surface area contributed by atoms with Crippen LogP contribution in [0.1, 0.15) is 0 Å². The Morgan fingerprint density at radius 3 is 1.80 bits per heavy atom. The van der Waals surface area contributed by atoms with Gasteiger partial charge >= 0.3 is 11.9 Å². The number of allylic oxidation sites excluding steroid dienone is 2. The van der Waals surface area contributed by atoms with Gasteiger partial charge in [0.15, 0.2) is 4.33 Å². The molecule has 0 amide bonds.